The molecule has 0 aliphatic carbocycles. The van der Waals surface area contributed by atoms with Crippen LogP contribution >= 0.6 is 0 Å². The van der Waals surface area contributed by atoms with Crippen molar-refractivity contribution in [2.75, 3.05) is 6.54 Å². The smallest absolute Gasteiger partial charge is 0.241 e. The highest BCUT2D eigenvalue weighted by Crippen LogP contribution is 2.14. The van der Waals surface area contributed by atoms with Crippen LogP contribution in [0.1, 0.15) is 22.3 Å². The van der Waals surface area contributed by atoms with E-state index in [1.165, 1.54) is 6.07 Å². The second-order valence-corrected chi connectivity index (χ2v) is 7.60. The van der Waals surface area contributed by atoms with Crippen LogP contribution < -0.4 is 10.0 Å². The van der Waals surface area contributed by atoms with Crippen molar-refractivity contribution in [2.45, 2.75) is 32.2 Å². The number of rotatable bonds is 6. The minimum absolute atomic E-state index is 0.164. The van der Waals surface area contributed by atoms with E-state index < -0.39 is 10.0 Å². The summed E-state index contributed by atoms with van der Waals surface area (Å²) in [5.41, 5.74) is 3.99. The van der Waals surface area contributed by atoms with E-state index in [0.29, 0.717) is 6.54 Å². The average Bonchev–Trinajstić information content (AvgIpc) is 2.53. The molecule has 0 fully saturated rings. The summed E-state index contributed by atoms with van der Waals surface area (Å²) < 4.78 is 26.8. The summed E-state index contributed by atoms with van der Waals surface area (Å²) in [7, 11) is -3.70. The van der Waals surface area contributed by atoms with Crippen LogP contribution in [0.3, 0.4) is 0 Å². The molecule has 24 heavy (non-hydrogen) atoms. The minimum atomic E-state index is -3.70. The first-order chi connectivity index (χ1) is 11.3. The normalized spacial score (nSPS) is 11.3. The Labute approximate surface area is 143 Å². The van der Waals surface area contributed by atoms with Crippen LogP contribution in [-0.4, -0.2) is 20.9 Å². The highest BCUT2D eigenvalue weighted by molar-refractivity contribution is 7.89. The van der Waals surface area contributed by atoms with Gasteiger partial charge in [-0.3, -0.25) is 4.79 Å². The van der Waals surface area contributed by atoms with E-state index in [-0.39, 0.29) is 17.3 Å². The van der Waals surface area contributed by atoms with Crippen molar-refractivity contribution in [1.29, 1.82) is 0 Å². The second kappa shape index (κ2) is 7.59. The van der Waals surface area contributed by atoms with Crippen molar-refractivity contribution < 1.29 is 13.2 Å². The van der Waals surface area contributed by atoms with E-state index in [9.17, 15) is 13.2 Å². The number of nitrogens with one attached hydrogen (secondary N) is 2. The number of benzene rings is 2. The Morgan fingerprint density at radius 1 is 1.00 bits per heavy atom. The fraction of sp³-hybridized carbons (Fsp3) is 0.278. The highest BCUT2D eigenvalue weighted by Gasteiger charge is 2.16. The standard InChI is InChI=1S/C18H22N2O3S/c1-13-5-4-6-16(9-13)11-19-18(21)12-20-24(22,23)17-8-7-14(2)15(3)10-17/h4-10,20H,11-12H2,1-3H3,(H,19,21). The van der Waals surface area contributed by atoms with E-state index in [0.717, 1.165) is 22.3 Å². The monoisotopic (exact) mass is 346 g/mol. The zero-order valence-corrected chi connectivity index (χ0v) is 14.9. The van der Waals surface area contributed by atoms with Gasteiger partial charge in [-0.25, -0.2) is 13.1 Å². The lowest BCUT2D eigenvalue weighted by atomic mass is 10.1. The SMILES string of the molecule is Cc1cccc(CNC(=O)CNS(=O)(=O)c2ccc(C)c(C)c2)c1. The van der Waals surface area contributed by atoms with Crippen molar-refractivity contribution in [1.82, 2.24) is 10.0 Å². The molecule has 0 atom stereocenters. The van der Waals surface area contributed by atoms with Gasteiger partial charge in [0.05, 0.1) is 11.4 Å². The molecule has 0 aliphatic rings. The molecule has 2 rings (SSSR count). The fourth-order valence-corrected chi connectivity index (χ4v) is 3.28. The Bertz CT molecular complexity index is 845. The van der Waals surface area contributed by atoms with Gasteiger partial charge in [0, 0.05) is 6.54 Å². The maximum atomic E-state index is 12.2. The zero-order valence-electron chi connectivity index (χ0n) is 14.1. The lowest BCUT2D eigenvalue weighted by Gasteiger charge is -2.09. The van der Waals surface area contributed by atoms with Gasteiger partial charge in [0.15, 0.2) is 0 Å². The predicted molar refractivity (Wildman–Crippen MR) is 94.1 cm³/mol. The van der Waals surface area contributed by atoms with Crippen molar-refractivity contribution in [3.63, 3.8) is 0 Å². The number of carbonyl (C=O) groups is 1. The molecule has 0 spiro atoms. The molecule has 0 heterocycles. The molecule has 0 aliphatic heterocycles. The number of hydrogen-bond donors (Lipinski definition) is 2. The zero-order chi connectivity index (χ0) is 17.7. The molecule has 1 amide bonds. The van der Waals surface area contributed by atoms with Crippen molar-refractivity contribution in [3.8, 4) is 0 Å². The third-order valence-electron chi connectivity index (χ3n) is 3.78. The second-order valence-electron chi connectivity index (χ2n) is 5.84. The Balaban J connectivity index is 1.91. The lowest BCUT2D eigenvalue weighted by Crippen LogP contribution is -2.36. The van der Waals surface area contributed by atoms with Crippen molar-refractivity contribution >= 4 is 15.9 Å². The van der Waals surface area contributed by atoms with Crippen molar-refractivity contribution in [2.24, 2.45) is 0 Å². The molecule has 128 valence electrons. The Morgan fingerprint density at radius 2 is 1.75 bits per heavy atom. The van der Waals surface area contributed by atoms with Crippen molar-refractivity contribution in [3.05, 3.63) is 64.7 Å². The lowest BCUT2D eigenvalue weighted by molar-refractivity contribution is -0.120. The molecule has 2 aromatic carbocycles. The third kappa shape index (κ3) is 4.91. The Hall–Kier alpha value is -2.18. The molecule has 0 radical (unpaired) electrons. The number of amides is 1. The van der Waals surface area contributed by atoms with Gasteiger partial charge in [0.25, 0.3) is 0 Å². The largest absolute Gasteiger partial charge is 0.351 e. The van der Waals surface area contributed by atoms with E-state index >= 15 is 0 Å². The molecule has 0 bridgehead atoms. The molecule has 0 saturated heterocycles. The Morgan fingerprint density at radius 3 is 2.42 bits per heavy atom. The highest BCUT2D eigenvalue weighted by atomic mass is 32.2. The first-order valence-electron chi connectivity index (χ1n) is 7.67. The maximum Gasteiger partial charge on any atom is 0.241 e. The van der Waals surface area contributed by atoms with Crippen LogP contribution in [0.5, 0.6) is 0 Å². The molecular formula is C18H22N2O3S. The maximum absolute atomic E-state index is 12.2. The minimum Gasteiger partial charge on any atom is -0.351 e. The summed E-state index contributed by atoms with van der Waals surface area (Å²) in [6, 6.07) is 12.7. The van der Waals surface area contributed by atoms with E-state index in [1.807, 2.05) is 45.0 Å². The van der Waals surface area contributed by atoms with Crippen LogP contribution in [0.2, 0.25) is 0 Å². The van der Waals surface area contributed by atoms with Gasteiger partial charge in [-0.05, 0) is 49.6 Å². The van der Waals surface area contributed by atoms with Gasteiger partial charge in [-0.15, -0.1) is 0 Å². The van der Waals surface area contributed by atoms with Crippen LogP contribution in [0.4, 0.5) is 0 Å². The summed E-state index contributed by atoms with van der Waals surface area (Å²) in [6.45, 7) is 5.82. The molecule has 2 aromatic rings. The van der Waals surface area contributed by atoms with E-state index in [1.54, 1.807) is 12.1 Å². The number of sulfonamides is 1. The predicted octanol–water partition coefficient (Wildman–Crippen LogP) is 2.21. The van der Waals surface area contributed by atoms with Gasteiger partial charge < -0.3 is 5.32 Å². The Kier molecular flexibility index (Phi) is 5.75. The third-order valence-corrected chi connectivity index (χ3v) is 5.18. The van der Waals surface area contributed by atoms with Gasteiger partial charge in [0.1, 0.15) is 0 Å². The molecule has 0 saturated carbocycles. The summed E-state index contributed by atoms with van der Waals surface area (Å²) in [5, 5.41) is 2.70. The van der Waals surface area contributed by atoms with Gasteiger partial charge in [0.2, 0.25) is 15.9 Å². The van der Waals surface area contributed by atoms with Gasteiger partial charge in [-0.2, -0.15) is 0 Å². The van der Waals surface area contributed by atoms with Gasteiger partial charge in [-0.1, -0.05) is 35.9 Å². The van der Waals surface area contributed by atoms with Crippen LogP contribution in [-0.2, 0) is 21.4 Å². The quantitative estimate of drug-likeness (QED) is 0.842. The molecule has 0 aromatic heterocycles. The summed E-state index contributed by atoms with van der Waals surface area (Å²) >= 11 is 0. The van der Waals surface area contributed by atoms with E-state index in [4.69, 9.17) is 0 Å². The number of carbonyl (C=O) groups excluding carboxylic acids is 1. The van der Waals surface area contributed by atoms with Crippen LogP contribution in [0.15, 0.2) is 47.4 Å². The fourth-order valence-electron chi connectivity index (χ4n) is 2.21. The molecule has 0 unspecified atom stereocenters. The summed E-state index contributed by atoms with van der Waals surface area (Å²) in [5.74, 6) is -0.371. The van der Waals surface area contributed by atoms with Gasteiger partial charge >= 0.3 is 0 Å². The number of aryl methyl sites for hydroxylation is 3. The average molecular weight is 346 g/mol. The first-order valence-corrected chi connectivity index (χ1v) is 9.15. The number of hydrogen-bond acceptors (Lipinski definition) is 3. The van der Waals surface area contributed by atoms with E-state index in [2.05, 4.69) is 10.0 Å². The van der Waals surface area contributed by atoms with Crippen LogP contribution in [0.25, 0.3) is 0 Å². The molecule has 5 nitrogen and oxygen atoms in total. The molecule has 2 N–H and O–H groups in total. The summed E-state index contributed by atoms with van der Waals surface area (Å²) in [4.78, 5) is 12.0. The summed E-state index contributed by atoms with van der Waals surface area (Å²) in [6.07, 6.45) is 0. The topological polar surface area (TPSA) is 75.3 Å². The molecular weight excluding hydrogens is 324 g/mol. The van der Waals surface area contributed by atoms with Crippen LogP contribution in [0, 0.1) is 20.8 Å². The first kappa shape index (κ1) is 18.2. The molecule has 6 heteroatoms.